The molecule has 0 fully saturated rings. The lowest BCUT2D eigenvalue weighted by molar-refractivity contribution is 0.0474. The zero-order valence-corrected chi connectivity index (χ0v) is 10.2. The van der Waals surface area contributed by atoms with Crippen molar-refractivity contribution < 1.29 is 14.3 Å². The molecule has 0 amide bonds. The molecule has 0 unspecified atom stereocenters. The Labute approximate surface area is 95.2 Å². The third-order valence-electron chi connectivity index (χ3n) is 1.50. The van der Waals surface area contributed by atoms with E-state index >= 15 is 0 Å². The minimum atomic E-state index is -0.267. The van der Waals surface area contributed by atoms with E-state index in [1.54, 1.807) is 13.2 Å². The van der Waals surface area contributed by atoms with E-state index in [1.807, 2.05) is 6.07 Å². The molecule has 0 aliphatic heterocycles. The summed E-state index contributed by atoms with van der Waals surface area (Å²) in [6, 6.07) is 3.57. The van der Waals surface area contributed by atoms with Crippen LogP contribution in [0.4, 0.5) is 0 Å². The number of carbonyl (C=O) groups is 1. The van der Waals surface area contributed by atoms with Gasteiger partial charge in [-0.1, -0.05) is 0 Å². The summed E-state index contributed by atoms with van der Waals surface area (Å²) in [6.45, 7) is 1.02. The maximum absolute atomic E-state index is 11.3. The Hall–Kier alpha value is -0.390. The van der Waals surface area contributed by atoms with Crippen LogP contribution in [0, 0.1) is 0 Å². The van der Waals surface area contributed by atoms with Gasteiger partial charge in [0.1, 0.15) is 4.88 Å². The fourth-order valence-electron chi connectivity index (χ4n) is 0.863. The second kappa shape index (κ2) is 6.16. The van der Waals surface area contributed by atoms with Crippen molar-refractivity contribution in [2.45, 2.75) is 6.42 Å². The largest absolute Gasteiger partial charge is 0.461 e. The first-order chi connectivity index (χ1) is 6.74. The van der Waals surface area contributed by atoms with Gasteiger partial charge in [-0.25, -0.2) is 4.79 Å². The summed E-state index contributed by atoms with van der Waals surface area (Å²) in [6.07, 6.45) is 0.731. The molecule has 0 aliphatic carbocycles. The molecular weight excluding hydrogens is 268 g/mol. The fourth-order valence-corrected chi connectivity index (χ4v) is 2.14. The monoisotopic (exact) mass is 278 g/mol. The first-order valence-corrected chi connectivity index (χ1v) is 5.76. The van der Waals surface area contributed by atoms with Gasteiger partial charge in [-0.15, -0.1) is 11.3 Å². The van der Waals surface area contributed by atoms with Crippen molar-refractivity contribution >= 4 is 33.2 Å². The van der Waals surface area contributed by atoms with Crippen molar-refractivity contribution in [3.63, 3.8) is 0 Å². The highest BCUT2D eigenvalue weighted by atomic mass is 79.9. The van der Waals surface area contributed by atoms with Crippen molar-refractivity contribution in [2.24, 2.45) is 0 Å². The van der Waals surface area contributed by atoms with Crippen molar-refractivity contribution in [3.05, 3.63) is 20.8 Å². The number of methoxy groups -OCH3 is 1. The number of rotatable bonds is 5. The highest BCUT2D eigenvalue weighted by Crippen LogP contribution is 2.22. The van der Waals surface area contributed by atoms with Crippen LogP contribution in [-0.4, -0.2) is 26.3 Å². The summed E-state index contributed by atoms with van der Waals surface area (Å²) in [7, 11) is 1.62. The molecule has 14 heavy (non-hydrogen) atoms. The van der Waals surface area contributed by atoms with E-state index < -0.39 is 0 Å². The third kappa shape index (κ3) is 3.77. The molecule has 1 aromatic rings. The molecule has 1 aromatic heterocycles. The number of ether oxygens (including phenoxy) is 2. The first-order valence-electron chi connectivity index (χ1n) is 4.15. The average molecular weight is 279 g/mol. The van der Waals surface area contributed by atoms with Gasteiger partial charge >= 0.3 is 5.97 Å². The average Bonchev–Trinajstić information content (AvgIpc) is 2.59. The second-order valence-corrected chi connectivity index (χ2v) is 5.05. The van der Waals surface area contributed by atoms with Crippen molar-refractivity contribution in [3.8, 4) is 0 Å². The summed E-state index contributed by atoms with van der Waals surface area (Å²) in [4.78, 5) is 12.0. The van der Waals surface area contributed by atoms with Crippen molar-refractivity contribution in [1.82, 2.24) is 0 Å². The molecule has 0 aromatic carbocycles. The first kappa shape index (κ1) is 11.7. The Bertz CT molecular complexity index is 298. The zero-order valence-electron chi connectivity index (χ0n) is 7.79. The van der Waals surface area contributed by atoms with Gasteiger partial charge in [-0.2, -0.15) is 0 Å². The van der Waals surface area contributed by atoms with Crippen molar-refractivity contribution in [1.29, 1.82) is 0 Å². The lowest BCUT2D eigenvalue weighted by atomic mass is 10.4. The van der Waals surface area contributed by atoms with E-state index in [9.17, 15) is 4.79 Å². The van der Waals surface area contributed by atoms with Crippen LogP contribution in [0.25, 0.3) is 0 Å². The highest BCUT2D eigenvalue weighted by Gasteiger charge is 2.08. The van der Waals surface area contributed by atoms with Gasteiger partial charge in [0.15, 0.2) is 0 Å². The fraction of sp³-hybridized carbons (Fsp3) is 0.444. The summed E-state index contributed by atoms with van der Waals surface area (Å²) >= 11 is 4.65. The molecule has 3 nitrogen and oxygen atoms in total. The topological polar surface area (TPSA) is 35.5 Å². The summed E-state index contributed by atoms with van der Waals surface area (Å²) in [5.74, 6) is -0.267. The number of hydrogen-bond donors (Lipinski definition) is 0. The third-order valence-corrected chi connectivity index (χ3v) is 3.10. The number of esters is 1. The summed E-state index contributed by atoms with van der Waals surface area (Å²) < 4.78 is 10.8. The van der Waals surface area contributed by atoms with E-state index in [0.29, 0.717) is 18.1 Å². The number of carbonyl (C=O) groups excluding carboxylic acids is 1. The van der Waals surface area contributed by atoms with Gasteiger partial charge in [0.05, 0.1) is 10.4 Å². The minimum Gasteiger partial charge on any atom is -0.461 e. The highest BCUT2D eigenvalue weighted by molar-refractivity contribution is 9.11. The van der Waals surface area contributed by atoms with Gasteiger partial charge < -0.3 is 9.47 Å². The predicted octanol–water partition coefficient (Wildman–Crippen LogP) is 2.70. The molecule has 78 valence electrons. The Morgan fingerprint density at radius 1 is 1.50 bits per heavy atom. The Balaban J connectivity index is 2.29. The lowest BCUT2D eigenvalue weighted by Crippen LogP contribution is -2.06. The summed E-state index contributed by atoms with van der Waals surface area (Å²) in [5, 5.41) is 0. The Morgan fingerprint density at radius 3 is 2.86 bits per heavy atom. The number of halogens is 1. The van der Waals surface area contributed by atoms with E-state index in [4.69, 9.17) is 9.47 Å². The summed E-state index contributed by atoms with van der Waals surface area (Å²) in [5.41, 5.74) is 0. The zero-order chi connectivity index (χ0) is 10.4. The van der Waals surface area contributed by atoms with Gasteiger partial charge in [0.25, 0.3) is 0 Å². The molecule has 0 saturated heterocycles. The molecule has 0 N–H and O–H groups in total. The molecule has 0 radical (unpaired) electrons. The van der Waals surface area contributed by atoms with E-state index in [1.165, 1.54) is 11.3 Å². The maximum atomic E-state index is 11.3. The molecule has 0 spiro atoms. The molecule has 1 rings (SSSR count). The standard InChI is InChI=1S/C9H11BrO3S/c1-12-5-2-6-13-9(11)7-3-4-8(10)14-7/h3-4H,2,5-6H2,1H3. The van der Waals surface area contributed by atoms with Crippen LogP contribution in [0.2, 0.25) is 0 Å². The van der Waals surface area contributed by atoms with Gasteiger partial charge in [0, 0.05) is 20.1 Å². The Morgan fingerprint density at radius 2 is 2.29 bits per heavy atom. The Kier molecular flexibility index (Phi) is 5.14. The second-order valence-electron chi connectivity index (χ2n) is 2.59. The molecule has 0 saturated carbocycles. The van der Waals surface area contributed by atoms with E-state index in [0.717, 1.165) is 10.2 Å². The van der Waals surface area contributed by atoms with Crippen LogP contribution >= 0.6 is 27.3 Å². The molecule has 0 bridgehead atoms. The number of hydrogen-bond acceptors (Lipinski definition) is 4. The number of thiophene rings is 1. The van der Waals surface area contributed by atoms with Gasteiger partial charge in [-0.3, -0.25) is 0 Å². The smallest absolute Gasteiger partial charge is 0.348 e. The lowest BCUT2D eigenvalue weighted by Gasteiger charge is -2.01. The molecule has 0 aliphatic rings. The van der Waals surface area contributed by atoms with E-state index in [-0.39, 0.29) is 5.97 Å². The van der Waals surface area contributed by atoms with Crippen molar-refractivity contribution in [2.75, 3.05) is 20.3 Å². The predicted molar refractivity (Wildman–Crippen MR) is 58.8 cm³/mol. The van der Waals surface area contributed by atoms with Crippen LogP contribution in [0.1, 0.15) is 16.1 Å². The SMILES string of the molecule is COCCCOC(=O)c1ccc(Br)s1. The molecule has 0 atom stereocenters. The van der Waals surface area contributed by atoms with Crippen LogP contribution in [0.5, 0.6) is 0 Å². The van der Waals surface area contributed by atoms with Crippen LogP contribution in [-0.2, 0) is 9.47 Å². The van der Waals surface area contributed by atoms with Crippen LogP contribution < -0.4 is 0 Å². The van der Waals surface area contributed by atoms with E-state index in [2.05, 4.69) is 15.9 Å². The normalized spacial score (nSPS) is 10.1. The van der Waals surface area contributed by atoms with Crippen LogP contribution in [0.3, 0.4) is 0 Å². The van der Waals surface area contributed by atoms with Gasteiger partial charge in [0.2, 0.25) is 0 Å². The molecule has 1 heterocycles. The maximum Gasteiger partial charge on any atom is 0.348 e. The quantitative estimate of drug-likeness (QED) is 0.614. The molecule has 5 heteroatoms. The molecular formula is C9H11BrO3S. The van der Waals surface area contributed by atoms with Crippen LogP contribution in [0.15, 0.2) is 15.9 Å². The minimum absolute atomic E-state index is 0.267. The van der Waals surface area contributed by atoms with Gasteiger partial charge in [-0.05, 0) is 28.1 Å².